The molecule has 2 aromatic rings. The monoisotopic (exact) mass is 294 g/mol. The van der Waals surface area contributed by atoms with Crippen molar-refractivity contribution in [2.75, 3.05) is 10.5 Å². The van der Waals surface area contributed by atoms with E-state index in [0.29, 0.717) is 11.3 Å². The average Bonchev–Trinajstić information content (AvgIpc) is 2.36. The van der Waals surface area contributed by atoms with Gasteiger partial charge < -0.3 is 5.73 Å². The Morgan fingerprint density at radius 3 is 2.45 bits per heavy atom. The maximum Gasteiger partial charge on any atom is 0.262 e. The van der Waals surface area contributed by atoms with Crippen molar-refractivity contribution >= 4 is 21.4 Å². The van der Waals surface area contributed by atoms with Crippen molar-refractivity contribution in [3.8, 4) is 0 Å². The third kappa shape index (κ3) is 2.75. The molecule has 0 radical (unpaired) electrons. The lowest BCUT2D eigenvalue weighted by Crippen LogP contribution is -2.16. The van der Waals surface area contributed by atoms with Crippen LogP contribution in [0.4, 0.5) is 15.8 Å². The van der Waals surface area contributed by atoms with Gasteiger partial charge in [-0.2, -0.15) is 0 Å². The highest BCUT2D eigenvalue weighted by molar-refractivity contribution is 7.92. The van der Waals surface area contributed by atoms with E-state index in [-0.39, 0.29) is 10.6 Å². The van der Waals surface area contributed by atoms with Crippen LogP contribution in [0.25, 0.3) is 0 Å². The minimum atomic E-state index is -3.88. The summed E-state index contributed by atoms with van der Waals surface area (Å²) < 4.78 is 40.5. The quantitative estimate of drug-likeness (QED) is 0.855. The highest BCUT2D eigenvalue weighted by Crippen LogP contribution is 2.25. The van der Waals surface area contributed by atoms with E-state index in [1.54, 1.807) is 26.0 Å². The molecule has 0 aliphatic carbocycles. The Morgan fingerprint density at radius 2 is 1.80 bits per heavy atom. The normalized spacial score (nSPS) is 11.3. The first-order valence-corrected chi connectivity index (χ1v) is 7.43. The lowest BCUT2D eigenvalue weighted by molar-refractivity contribution is 0.598. The molecule has 0 aliphatic rings. The van der Waals surface area contributed by atoms with Gasteiger partial charge in [-0.05, 0) is 49.2 Å². The van der Waals surface area contributed by atoms with Gasteiger partial charge in [-0.3, -0.25) is 4.72 Å². The summed E-state index contributed by atoms with van der Waals surface area (Å²) in [7, 11) is -3.88. The summed E-state index contributed by atoms with van der Waals surface area (Å²) in [6, 6.07) is 8.80. The zero-order valence-corrected chi connectivity index (χ0v) is 12.0. The van der Waals surface area contributed by atoms with Crippen LogP contribution in [-0.4, -0.2) is 8.42 Å². The highest BCUT2D eigenvalue weighted by Gasteiger charge is 2.20. The van der Waals surface area contributed by atoms with Crippen LogP contribution in [0.5, 0.6) is 0 Å². The number of hydrogen-bond acceptors (Lipinski definition) is 3. The van der Waals surface area contributed by atoms with Crippen LogP contribution in [0.2, 0.25) is 0 Å². The van der Waals surface area contributed by atoms with Gasteiger partial charge >= 0.3 is 0 Å². The number of halogens is 1. The van der Waals surface area contributed by atoms with Gasteiger partial charge in [-0.15, -0.1) is 0 Å². The van der Waals surface area contributed by atoms with Crippen molar-refractivity contribution in [2.45, 2.75) is 18.7 Å². The second kappa shape index (κ2) is 5.13. The second-order valence-corrected chi connectivity index (χ2v) is 6.21. The lowest BCUT2D eigenvalue weighted by atomic mass is 10.1. The molecule has 0 fully saturated rings. The Kier molecular flexibility index (Phi) is 3.67. The molecule has 0 amide bonds. The predicted octanol–water partition coefficient (Wildman–Crippen LogP) is 2.83. The van der Waals surface area contributed by atoms with Gasteiger partial charge in [-0.1, -0.05) is 12.1 Å². The molecule has 6 heteroatoms. The van der Waals surface area contributed by atoms with Gasteiger partial charge in [0.2, 0.25) is 0 Å². The first-order chi connectivity index (χ1) is 9.31. The van der Waals surface area contributed by atoms with Gasteiger partial charge in [0, 0.05) is 5.69 Å². The molecular weight excluding hydrogens is 279 g/mol. The van der Waals surface area contributed by atoms with Gasteiger partial charge in [0.1, 0.15) is 5.82 Å². The first-order valence-electron chi connectivity index (χ1n) is 5.95. The van der Waals surface area contributed by atoms with Crippen molar-refractivity contribution in [1.29, 1.82) is 0 Å². The molecule has 0 saturated heterocycles. The molecule has 0 saturated carbocycles. The molecule has 0 bridgehead atoms. The molecule has 0 unspecified atom stereocenters. The predicted molar refractivity (Wildman–Crippen MR) is 77.5 cm³/mol. The van der Waals surface area contributed by atoms with E-state index in [0.717, 1.165) is 5.56 Å². The standard InChI is InChI=1S/C14H15FN2O2S/c1-9-7-12(16)10(2)14(8-9)20(18,19)17-13-6-4-3-5-11(13)15/h3-8,17H,16H2,1-2H3. The van der Waals surface area contributed by atoms with E-state index in [1.807, 2.05) is 0 Å². The van der Waals surface area contributed by atoms with Crippen molar-refractivity contribution in [2.24, 2.45) is 0 Å². The second-order valence-electron chi connectivity index (χ2n) is 4.56. The SMILES string of the molecule is Cc1cc(N)c(C)c(S(=O)(=O)Nc2ccccc2F)c1. The summed E-state index contributed by atoms with van der Waals surface area (Å²) in [5, 5.41) is 0. The highest BCUT2D eigenvalue weighted by atomic mass is 32.2. The van der Waals surface area contributed by atoms with Crippen molar-refractivity contribution in [3.05, 3.63) is 53.3 Å². The Morgan fingerprint density at radius 1 is 1.15 bits per heavy atom. The van der Waals surface area contributed by atoms with Crippen LogP contribution in [0.1, 0.15) is 11.1 Å². The van der Waals surface area contributed by atoms with Crippen molar-refractivity contribution in [3.63, 3.8) is 0 Å². The number of anilines is 2. The van der Waals surface area contributed by atoms with E-state index in [9.17, 15) is 12.8 Å². The number of nitrogens with one attached hydrogen (secondary N) is 1. The Labute approximate surface area is 117 Å². The number of sulfonamides is 1. The van der Waals surface area contributed by atoms with E-state index in [2.05, 4.69) is 4.72 Å². The minimum Gasteiger partial charge on any atom is -0.398 e. The van der Waals surface area contributed by atoms with Crippen LogP contribution < -0.4 is 10.5 Å². The van der Waals surface area contributed by atoms with Crippen LogP contribution >= 0.6 is 0 Å². The molecule has 2 rings (SSSR count). The first kappa shape index (κ1) is 14.3. The number of hydrogen-bond donors (Lipinski definition) is 2. The summed E-state index contributed by atoms with van der Waals surface area (Å²) in [5.41, 5.74) is 7.24. The number of para-hydroxylation sites is 1. The van der Waals surface area contributed by atoms with E-state index in [4.69, 9.17) is 5.73 Å². The molecule has 3 N–H and O–H groups in total. The third-order valence-electron chi connectivity index (χ3n) is 2.95. The number of nitrogens with two attached hydrogens (primary N) is 1. The molecule has 2 aromatic carbocycles. The maximum absolute atomic E-state index is 13.5. The molecule has 20 heavy (non-hydrogen) atoms. The summed E-state index contributed by atoms with van der Waals surface area (Å²) in [6.07, 6.45) is 0. The van der Waals surface area contributed by atoms with Gasteiger partial charge in [0.25, 0.3) is 10.0 Å². The number of rotatable bonds is 3. The smallest absolute Gasteiger partial charge is 0.262 e. The van der Waals surface area contributed by atoms with Crippen LogP contribution in [0, 0.1) is 19.7 Å². The average molecular weight is 294 g/mol. The lowest BCUT2D eigenvalue weighted by Gasteiger charge is -2.13. The molecule has 0 aromatic heterocycles. The molecule has 0 atom stereocenters. The summed E-state index contributed by atoms with van der Waals surface area (Å²) in [4.78, 5) is 0.0539. The molecular formula is C14H15FN2O2S. The van der Waals surface area contributed by atoms with Gasteiger partial charge in [0.05, 0.1) is 10.6 Å². The topological polar surface area (TPSA) is 72.2 Å². The fourth-order valence-electron chi connectivity index (χ4n) is 1.88. The Balaban J connectivity index is 2.49. The van der Waals surface area contributed by atoms with Gasteiger partial charge in [-0.25, -0.2) is 12.8 Å². The van der Waals surface area contributed by atoms with Gasteiger partial charge in [0.15, 0.2) is 0 Å². The van der Waals surface area contributed by atoms with Crippen molar-refractivity contribution in [1.82, 2.24) is 0 Å². The molecule has 0 aliphatic heterocycles. The minimum absolute atomic E-state index is 0.0539. The van der Waals surface area contributed by atoms with Crippen LogP contribution in [-0.2, 0) is 10.0 Å². The fraction of sp³-hybridized carbons (Fsp3) is 0.143. The Bertz CT molecular complexity index is 758. The Hall–Kier alpha value is -2.08. The largest absolute Gasteiger partial charge is 0.398 e. The van der Waals surface area contributed by atoms with E-state index < -0.39 is 15.8 Å². The molecule has 106 valence electrons. The van der Waals surface area contributed by atoms with Crippen LogP contribution in [0.3, 0.4) is 0 Å². The third-order valence-corrected chi connectivity index (χ3v) is 4.44. The summed E-state index contributed by atoms with van der Waals surface area (Å²) in [5.74, 6) is -0.630. The number of aryl methyl sites for hydroxylation is 1. The maximum atomic E-state index is 13.5. The van der Waals surface area contributed by atoms with Crippen molar-refractivity contribution < 1.29 is 12.8 Å². The molecule has 0 spiro atoms. The number of benzene rings is 2. The van der Waals surface area contributed by atoms with E-state index in [1.165, 1.54) is 24.3 Å². The van der Waals surface area contributed by atoms with Crippen LogP contribution in [0.15, 0.2) is 41.3 Å². The summed E-state index contributed by atoms with van der Waals surface area (Å²) >= 11 is 0. The molecule has 0 heterocycles. The number of nitrogen functional groups attached to an aromatic ring is 1. The fourth-order valence-corrected chi connectivity index (χ4v) is 3.30. The zero-order chi connectivity index (χ0) is 14.9. The zero-order valence-electron chi connectivity index (χ0n) is 11.1. The molecule has 4 nitrogen and oxygen atoms in total. The summed E-state index contributed by atoms with van der Waals surface area (Å²) in [6.45, 7) is 3.36. The van der Waals surface area contributed by atoms with E-state index >= 15 is 0 Å².